The molecule has 7 rings (SSSR count). The van der Waals surface area contributed by atoms with Crippen LogP contribution < -0.4 is 4.90 Å². The molecule has 0 spiro atoms. The lowest BCUT2D eigenvalue weighted by atomic mass is 10.0. The van der Waals surface area contributed by atoms with E-state index >= 15 is 0 Å². The van der Waals surface area contributed by atoms with Gasteiger partial charge < -0.3 is 19.3 Å². The van der Waals surface area contributed by atoms with Crippen molar-refractivity contribution in [2.24, 2.45) is 5.92 Å². The number of halogens is 2. The molecule has 37 heavy (non-hydrogen) atoms. The number of rotatable bonds is 7. The van der Waals surface area contributed by atoms with E-state index in [-0.39, 0.29) is 17.7 Å². The van der Waals surface area contributed by atoms with Gasteiger partial charge in [-0.1, -0.05) is 45.8 Å². The van der Waals surface area contributed by atoms with Crippen molar-refractivity contribution >= 4 is 55.9 Å². The summed E-state index contributed by atoms with van der Waals surface area (Å²) in [5.41, 5.74) is 3.39. The first-order valence-electron chi connectivity index (χ1n) is 12.4. The second kappa shape index (κ2) is 8.98. The summed E-state index contributed by atoms with van der Waals surface area (Å²) < 4.78 is 13.3. The van der Waals surface area contributed by atoms with Crippen LogP contribution in [0.3, 0.4) is 0 Å². The Kier molecular flexibility index (Phi) is 5.69. The summed E-state index contributed by atoms with van der Waals surface area (Å²) in [7, 11) is 0. The Morgan fingerprint density at radius 1 is 1.19 bits per heavy atom. The molecule has 1 aliphatic heterocycles. The lowest BCUT2D eigenvalue weighted by Crippen LogP contribution is -2.42. The highest BCUT2D eigenvalue weighted by molar-refractivity contribution is 7.22. The van der Waals surface area contributed by atoms with Gasteiger partial charge in [-0.05, 0) is 61.9 Å². The minimum Gasteiger partial charge on any atom is -0.478 e. The number of aromatic nitrogens is 2. The molecule has 0 unspecified atom stereocenters. The number of anilines is 1. The number of carboxylic acids is 1. The van der Waals surface area contributed by atoms with Crippen molar-refractivity contribution in [2.75, 3.05) is 11.4 Å². The third-order valence-electron chi connectivity index (χ3n) is 7.70. The summed E-state index contributed by atoms with van der Waals surface area (Å²) in [6, 6.07) is 10.8. The molecular formula is C27H23Cl2N3O4S. The highest BCUT2D eigenvalue weighted by Gasteiger charge is 2.47. The van der Waals surface area contributed by atoms with Crippen molar-refractivity contribution in [3.63, 3.8) is 0 Å². The Morgan fingerprint density at radius 3 is 2.73 bits per heavy atom. The molecule has 1 saturated heterocycles. The zero-order valence-electron chi connectivity index (χ0n) is 19.7. The molecule has 10 heteroatoms. The number of carbonyl (C=O) groups is 1. The van der Waals surface area contributed by atoms with Gasteiger partial charge in [0.1, 0.15) is 11.5 Å². The number of benzene rings is 2. The number of aromatic carboxylic acids is 1. The summed E-state index contributed by atoms with van der Waals surface area (Å²) in [6.07, 6.45) is 4.28. The zero-order chi connectivity index (χ0) is 25.3. The fraction of sp³-hybridized carbons (Fsp3) is 0.370. The lowest BCUT2D eigenvalue weighted by molar-refractivity contribution is 0.0256. The van der Waals surface area contributed by atoms with E-state index in [1.54, 1.807) is 29.5 Å². The summed E-state index contributed by atoms with van der Waals surface area (Å²) in [5, 5.41) is 15.7. The zero-order valence-corrected chi connectivity index (χ0v) is 22.0. The number of nitrogens with zero attached hydrogens (tertiary/aromatic N) is 3. The Labute approximate surface area is 226 Å². The first-order chi connectivity index (χ1) is 18.0. The van der Waals surface area contributed by atoms with E-state index in [1.165, 1.54) is 0 Å². The molecule has 3 fully saturated rings. The summed E-state index contributed by atoms with van der Waals surface area (Å²) in [5.74, 6) is 0.865. The fourth-order valence-electron chi connectivity index (χ4n) is 5.77. The lowest BCUT2D eigenvalue weighted by Gasteiger charge is -2.33. The SMILES string of the molecule is O=C(O)c1ccc2nc(N3C[C@@H]4C[C@H](OCc5c(-c6c(Cl)cccc6Cl)noc5C5CC5)[C@H]3C4)sc2c1. The second-order valence-electron chi connectivity index (χ2n) is 10.1. The molecule has 2 aliphatic carbocycles. The van der Waals surface area contributed by atoms with Gasteiger partial charge >= 0.3 is 5.97 Å². The molecule has 2 aromatic carbocycles. The number of thiazole rings is 1. The monoisotopic (exact) mass is 555 g/mol. The number of carboxylic acid groups (broad SMARTS) is 1. The molecule has 7 nitrogen and oxygen atoms in total. The van der Waals surface area contributed by atoms with Crippen LogP contribution in [0.1, 0.15) is 53.3 Å². The highest BCUT2D eigenvalue weighted by atomic mass is 35.5. The van der Waals surface area contributed by atoms with Gasteiger partial charge in [0.05, 0.1) is 44.6 Å². The highest BCUT2D eigenvalue weighted by Crippen LogP contribution is 2.48. The van der Waals surface area contributed by atoms with Gasteiger partial charge in [-0.2, -0.15) is 0 Å². The van der Waals surface area contributed by atoms with E-state index in [4.69, 9.17) is 37.4 Å². The number of hydrogen-bond acceptors (Lipinski definition) is 7. The predicted octanol–water partition coefficient (Wildman–Crippen LogP) is 7.02. The van der Waals surface area contributed by atoms with E-state index in [0.717, 1.165) is 58.9 Å². The number of ether oxygens (including phenoxy) is 1. The van der Waals surface area contributed by atoms with Crippen LogP contribution >= 0.6 is 34.5 Å². The van der Waals surface area contributed by atoms with Crippen molar-refractivity contribution in [3.05, 3.63) is 63.3 Å². The van der Waals surface area contributed by atoms with Crippen LogP contribution in [-0.2, 0) is 11.3 Å². The molecule has 2 bridgehead atoms. The van der Waals surface area contributed by atoms with Gasteiger partial charge in [0.15, 0.2) is 5.13 Å². The molecule has 3 atom stereocenters. The van der Waals surface area contributed by atoms with E-state index in [9.17, 15) is 9.90 Å². The van der Waals surface area contributed by atoms with Crippen molar-refractivity contribution in [1.29, 1.82) is 0 Å². The maximum absolute atomic E-state index is 11.4. The standard InChI is InChI=1S/C27H23Cl2N3O4S/c28-17-2-1-3-18(29)23(17)24-16(25(36-31-24)14-4-5-14)12-35-21-9-13-8-20(21)32(11-13)27-30-19-7-6-15(26(33)34)10-22(19)37-27/h1-3,6-7,10,13-14,20-21H,4-5,8-9,11-12H2,(H,33,34)/t13-,20+,21-/m0/s1. The van der Waals surface area contributed by atoms with Crippen LogP contribution in [0.2, 0.25) is 10.0 Å². The Bertz CT molecular complexity index is 1510. The maximum Gasteiger partial charge on any atom is 0.335 e. The van der Waals surface area contributed by atoms with E-state index in [2.05, 4.69) is 10.1 Å². The van der Waals surface area contributed by atoms with Gasteiger partial charge in [0, 0.05) is 23.6 Å². The molecular weight excluding hydrogens is 533 g/mol. The van der Waals surface area contributed by atoms with Gasteiger partial charge in [-0.15, -0.1) is 0 Å². The first kappa shape index (κ1) is 23.5. The average molecular weight is 556 g/mol. The molecule has 2 aromatic heterocycles. The van der Waals surface area contributed by atoms with Gasteiger partial charge in [-0.3, -0.25) is 0 Å². The van der Waals surface area contributed by atoms with Crippen LogP contribution in [0.4, 0.5) is 5.13 Å². The smallest absolute Gasteiger partial charge is 0.335 e. The van der Waals surface area contributed by atoms with Crippen molar-refractivity contribution in [2.45, 2.75) is 50.4 Å². The first-order valence-corrected chi connectivity index (χ1v) is 14.0. The predicted molar refractivity (Wildman–Crippen MR) is 143 cm³/mol. The number of hydrogen-bond donors (Lipinski definition) is 1. The van der Waals surface area contributed by atoms with Crippen LogP contribution in [0.15, 0.2) is 40.9 Å². The number of piperidine rings is 1. The molecule has 4 aromatic rings. The van der Waals surface area contributed by atoms with Crippen molar-refractivity contribution < 1.29 is 19.2 Å². The third-order valence-corrected chi connectivity index (χ3v) is 9.39. The van der Waals surface area contributed by atoms with Gasteiger partial charge in [0.2, 0.25) is 0 Å². The van der Waals surface area contributed by atoms with Crippen LogP contribution in [0, 0.1) is 5.92 Å². The molecule has 2 saturated carbocycles. The van der Waals surface area contributed by atoms with E-state index in [1.807, 2.05) is 18.2 Å². The molecule has 3 aliphatic rings. The summed E-state index contributed by atoms with van der Waals surface area (Å²) >= 11 is 14.6. The van der Waals surface area contributed by atoms with Crippen LogP contribution in [0.25, 0.3) is 21.5 Å². The van der Waals surface area contributed by atoms with Gasteiger partial charge in [-0.25, -0.2) is 9.78 Å². The van der Waals surface area contributed by atoms with Crippen molar-refractivity contribution in [1.82, 2.24) is 10.1 Å². The van der Waals surface area contributed by atoms with E-state index in [0.29, 0.717) is 39.7 Å². The Hall–Kier alpha value is -2.65. The molecule has 1 N–H and O–H groups in total. The molecule has 0 amide bonds. The second-order valence-corrected chi connectivity index (χ2v) is 12.0. The largest absolute Gasteiger partial charge is 0.478 e. The normalized spacial score (nSPS) is 22.9. The molecule has 190 valence electrons. The van der Waals surface area contributed by atoms with Crippen LogP contribution in [-0.4, -0.2) is 39.9 Å². The van der Waals surface area contributed by atoms with Gasteiger partial charge in [0.25, 0.3) is 0 Å². The molecule has 0 radical (unpaired) electrons. The average Bonchev–Trinajstić information content (AvgIpc) is 3.22. The maximum atomic E-state index is 11.4. The number of fused-ring (bicyclic) bond motifs is 3. The Morgan fingerprint density at radius 2 is 2.00 bits per heavy atom. The minimum absolute atomic E-state index is 0.0527. The third kappa shape index (κ3) is 4.11. The molecule has 3 heterocycles. The summed E-state index contributed by atoms with van der Waals surface area (Å²) in [6.45, 7) is 1.33. The van der Waals surface area contributed by atoms with E-state index < -0.39 is 5.97 Å². The van der Waals surface area contributed by atoms with Crippen LogP contribution in [0.5, 0.6) is 0 Å². The minimum atomic E-state index is -0.928. The van der Waals surface area contributed by atoms with Crippen molar-refractivity contribution in [3.8, 4) is 11.3 Å². The Balaban J connectivity index is 1.14. The fourth-order valence-corrected chi connectivity index (χ4v) is 7.42. The topological polar surface area (TPSA) is 88.7 Å². The summed E-state index contributed by atoms with van der Waals surface area (Å²) in [4.78, 5) is 18.5. The quantitative estimate of drug-likeness (QED) is 0.262.